The average Bonchev–Trinajstić information content (AvgIpc) is 2.83. The zero-order valence-electron chi connectivity index (χ0n) is 9.61. The molecular weight excluding hydrogens is 204 g/mol. The van der Waals surface area contributed by atoms with Crippen molar-refractivity contribution in [3.63, 3.8) is 0 Å². The van der Waals surface area contributed by atoms with Crippen molar-refractivity contribution in [2.45, 2.75) is 18.9 Å². The summed E-state index contributed by atoms with van der Waals surface area (Å²) in [6.45, 7) is 2.44. The summed E-state index contributed by atoms with van der Waals surface area (Å²) in [6.07, 6.45) is 3.77. The Morgan fingerprint density at radius 2 is 2.31 bits per heavy atom. The van der Waals surface area contributed by atoms with Crippen LogP contribution in [0.1, 0.15) is 23.4 Å². The van der Waals surface area contributed by atoms with Crippen LogP contribution in [0, 0.1) is 0 Å². The molecular formula is C12H18N2O2. The number of hydrogen-bond acceptors (Lipinski definition) is 4. The van der Waals surface area contributed by atoms with E-state index in [0.717, 1.165) is 25.9 Å². The molecule has 1 aliphatic rings. The fraction of sp³-hybridized carbons (Fsp3) is 0.583. The Morgan fingerprint density at radius 1 is 1.56 bits per heavy atom. The predicted molar refractivity (Wildman–Crippen MR) is 61.6 cm³/mol. The van der Waals surface area contributed by atoms with Gasteiger partial charge in [0.05, 0.1) is 12.8 Å². The molecule has 1 aliphatic heterocycles. The van der Waals surface area contributed by atoms with Gasteiger partial charge in [0.25, 0.3) is 0 Å². The SMILES string of the molecule is CNC1CCN(CC(=O)c2ccco2)CC1. The lowest BCUT2D eigenvalue weighted by Crippen LogP contribution is -2.43. The normalized spacial score (nSPS) is 18.8. The maximum atomic E-state index is 11.8. The van der Waals surface area contributed by atoms with Crippen molar-refractivity contribution in [3.8, 4) is 0 Å². The fourth-order valence-electron chi connectivity index (χ4n) is 2.10. The number of likely N-dealkylation sites (tertiary alicyclic amines) is 1. The number of furan rings is 1. The molecule has 4 heteroatoms. The topological polar surface area (TPSA) is 45.5 Å². The maximum absolute atomic E-state index is 11.8. The van der Waals surface area contributed by atoms with Crippen molar-refractivity contribution in [1.29, 1.82) is 0 Å². The van der Waals surface area contributed by atoms with Crippen molar-refractivity contribution >= 4 is 5.78 Å². The van der Waals surface area contributed by atoms with E-state index < -0.39 is 0 Å². The smallest absolute Gasteiger partial charge is 0.211 e. The number of carbonyl (C=O) groups is 1. The van der Waals surface area contributed by atoms with E-state index >= 15 is 0 Å². The molecule has 0 atom stereocenters. The van der Waals surface area contributed by atoms with Crippen LogP contribution in [0.2, 0.25) is 0 Å². The first-order valence-corrected chi connectivity index (χ1v) is 5.76. The lowest BCUT2D eigenvalue weighted by atomic mass is 10.1. The quantitative estimate of drug-likeness (QED) is 0.776. The van der Waals surface area contributed by atoms with Crippen molar-refractivity contribution < 1.29 is 9.21 Å². The highest BCUT2D eigenvalue weighted by Gasteiger charge is 2.20. The number of carbonyl (C=O) groups excluding carboxylic acids is 1. The van der Waals surface area contributed by atoms with Crippen LogP contribution in [0.3, 0.4) is 0 Å². The third kappa shape index (κ3) is 2.71. The van der Waals surface area contributed by atoms with Crippen molar-refractivity contribution in [3.05, 3.63) is 24.2 Å². The Balaban J connectivity index is 1.81. The second-order valence-corrected chi connectivity index (χ2v) is 4.24. The summed E-state index contributed by atoms with van der Waals surface area (Å²) in [7, 11) is 1.99. The van der Waals surface area contributed by atoms with E-state index in [0.29, 0.717) is 18.3 Å². The maximum Gasteiger partial charge on any atom is 0.211 e. The summed E-state index contributed by atoms with van der Waals surface area (Å²) >= 11 is 0. The van der Waals surface area contributed by atoms with Crippen LogP contribution in [0.25, 0.3) is 0 Å². The fourth-order valence-corrected chi connectivity index (χ4v) is 2.10. The monoisotopic (exact) mass is 222 g/mol. The van der Waals surface area contributed by atoms with E-state index in [1.54, 1.807) is 18.4 Å². The molecule has 1 aromatic heterocycles. The molecule has 2 rings (SSSR count). The standard InChI is InChI=1S/C12H18N2O2/c1-13-10-4-6-14(7-5-10)9-11(15)12-3-2-8-16-12/h2-3,8,10,13H,4-7,9H2,1H3. The van der Waals surface area contributed by atoms with Crippen LogP contribution in [-0.2, 0) is 0 Å². The Hall–Kier alpha value is -1.13. The third-order valence-electron chi connectivity index (χ3n) is 3.16. The molecule has 88 valence electrons. The van der Waals surface area contributed by atoms with Crippen LogP contribution < -0.4 is 5.32 Å². The van der Waals surface area contributed by atoms with E-state index in [1.807, 2.05) is 7.05 Å². The first-order chi connectivity index (χ1) is 7.79. The minimum Gasteiger partial charge on any atom is -0.461 e. The van der Waals surface area contributed by atoms with Gasteiger partial charge in [0.1, 0.15) is 0 Å². The molecule has 0 radical (unpaired) electrons. The molecule has 0 bridgehead atoms. The second-order valence-electron chi connectivity index (χ2n) is 4.24. The van der Waals surface area contributed by atoms with E-state index in [4.69, 9.17) is 4.42 Å². The van der Waals surface area contributed by atoms with Gasteiger partial charge in [-0.15, -0.1) is 0 Å². The minimum atomic E-state index is 0.0768. The van der Waals surface area contributed by atoms with Crippen LogP contribution >= 0.6 is 0 Å². The molecule has 16 heavy (non-hydrogen) atoms. The molecule has 0 spiro atoms. The predicted octanol–water partition coefficient (Wildman–Crippen LogP) is 1.15. The summed E-state index contributed by atoms with van der Waals surface area (Å²) in [4.78, 5) is 14.0. The van der Waals surface area contributed by atoms with Gasteiger partial charge in [-0.3, -0.25) is 9.69 Å². The lowest BCUT2D eigenvalue weighted by molar-refractivity contribution is 0.0878. The number of nitrogens with zero attached hydrogens (tertiary/aromatic N) is 1. The van der Waals surface area contributed by atoms with Gasteiger partial charge < -0.3 is 9.73 Å². The molecule has 1 fully saturated rings. The van der Waals surface area contributed by atoms with Gasteiger partial charge in [-0.05, 0) is 32.0 Å². The molecule has 4 nitrogen and oxygen atoms in total. The Morgan fingerprint density at radius 3 is 2.88 bits per heavy atom. The second kappa shape index (κ2) is 5.27. The van der Waals surface area contributed by atoms with Gasteiger partial charge in [-0.1, -0.05) is 0 Å². The van der Waals surface area contributed by atoms with E-state index in [1.165, 1.54) is 0 Å². The summed E-state index contributed by atoms with van der Waals surface area (Å²) < 4.78 is 5.09. The highest BCUT2D eigenvalue weighted by atomic mass is 16.3. The molecule has 1 saturated heterocycles. The van der Waals surface area contributed by atoms with E-state index in [-0.39, 0.29) is 5.78 Å². The van der Waals surface area contributed by atoms with Crippen LogP contribution in [-0.4, -0.2) is 43.4 Å². The van der Waals surface area contributed by atoms with Gasteiger partial charge in [-0.2, -0.15) is 0 Å². The molecule has 1 aromatic rings. The van der Waals surface area contributed by atoms with E-state index in [2.05, 4.69) is 10.2 Å². The Bertz CT molecular complexity index is 327. The zero-order chi connectivity index (χ0) is 11.4. The van der Waals surface area contributed by atoms with Crippen molar-refractivity contribution in [2.75, 3.05) is 26.7 Å². The molecule has 0 unspecified atom stereocenters. The zero-order valence-corrected chi connectivity index (χ0v) is 9.61. The largest absolute Gasteiger partial charge is 0.461 e. The number of hydrogen-bond donors (Lipinski definition) is 1. The summed E-state index contributed by atoms with van der Waals surface area (Å²) in [6, 6.07) is 4.08. The molecule has 0 aliphatic carbocycles. The number of nitrogens with one attached hydrogen (secondary N) is 1. The first kappa shape index (κ1) is 11.4. The molecule has 2 heterocycles. The number of Topliss-reactive ketones (excluding diaryl/α,β-unsaturated/α-hetero) is 1. The van der Waals surface area contributed by atoms with Gasteiger partial charge in [0, 0.05) is 19.1 Å². The van der Waals surface area contributed by atoms with Gasteiger partial charge in [0.15, 0.2) is 5.76 Å². The minimum absolute atomic E-state index is 0.0768. The van der Waals surface area contributed by atoms with Crippen molar-refractivity contribution in [2.24, 2.45) is 0 Å². The van der Waals surface area contributed by atoms with Crippen molar-refractivity contribution in [1.82, 2.24) is 10.2 Å². The summed E-state index contributed by atoms with van der Waals surface area (Å²) in [5, 5.41) is 3.28. The van der Waals surface area contributed by atoms with E-state index in [9.17, 15) is 4.79 Å². The van der Waals surface area contributed by atoms with Crippen LogP contribution in [0.4, 0.5) is 0 Å². The summed E-state index contributed by atoms with van der Waals surface area (Å²) in [5.41, 5.74) is 0. The third-order valence-corrected chi connectivity index (χ3v) is 3.16. The highest BCUT2D eigenvalue weighted by molar-refractivity contribution is 5.94. The Labute approximate surface area is 95.6 Å². The molecule has 0 saturated carbocycles. The van der Waals surface area contributed by atoms with Gasteiger partial charge in [-0.25, -0.2) is 0 Å². The average molecular weight is 222 g/mol. The van der Waals surface area contributed by atoms with Crippen LogP contribution in [0.5, 0.6) is 0 Å². The molecule has 1 N–H and O–H groups in total. The van der Waals surface area contributed by atoms with Gasteiger partial charge >= 0.3 is 0 Å². The number of piperidine rings is 1. The number of rotatable bonds is 4. The van der Waals surface area contributed by atoms with Crippen LogP contribution in [0.15, 0.2) is 22.8 Å². The van der Waals surface area contributed by atoms with Gasteiger partial charge in [0.2, 0.25) is 5.78 Å². The Kier molecular flexibility index (Phi) is 3.74. The molecule has 0 amide bonds. The highest BCUT2D eigenvalue weighted by Crippen LogP contribution is 2.11. The number of ketones is 1. The summed E-state index contributed by atoms with van der Waals surface area (Å²) in [5.74, 6) is 0.545. The lowest BCUT2D eigenvalue weighted by Gasteiger charge is -2.30. The first-order valence-electron chi connectivity index (χ1n) is 5.76. The molecule has 0 aromatic carbocycles.